The van der Waals surface area contributed by atoms with Crippen LogP contribution in [-0.2, 0) is 13.2 Å². The predicted molar refractivity (Wildman–Crippen MR) is 120 cm³/mol. The van der Waals surface area contributed by atoms with Gasteiger partial charge in [0, 0.05) is 16.7 Å². The van der Waals surface area contributed by atoms with Gasteiger partial charge in [0.15, 0.2) is 11.5 Å². The lowest BCUT2D eigenvalue weighted by atomic mass is 10.2. The van der Waals surface area contributed by atoms with Crippen LogP contribution >= 0.6 is 39.1 Å². The first-order valence-electron chi connectivity index (χ1n) is 8.97. The average molecular weight is 499 g/mol. The van der Waals surface area contributed by atoms with Gasteiger partial charge in [-0.3, -0.25) is 0 Å². The maximum Gasteiger partial charge on any atom is 0.180 e. The van der Waals surface area contributed by atoms with Crippen molar-refractivity contribution in [2.24, 2.45) is 0 Å². The van der Waals surface area contributed by atoms with Crippen molar-refractivity contribution >= 4 is 44.8 Å². The van der Waals surface area contributed by atoms with Gasteiger partial charge in [0.05, 0.1) is 16.7 Å². The molecule has 29 heavy (non-hydrogen) atoms. The number of nitrogens with one attached hydrogen (secondary N) is 1. The SMILES string of the molecule is CCOc1cc(CNc2ccc(Br)c(Cl)c2)cc(Cl)c1OCc1ccc(F)cc1. The van der Waals surface area contributed by atoms with E-state index in [1.807, 2.05) is 37.3 Å². The standard InChI is InChI=1S/C22H19BrCl2FNO2/c1-2-28-21-10-15(12-27-17-7-8-18(23)19(24)11-17)9-20(25)22(21)29-13-14-3-5-16(26)6-4-14/h3-11,27H,2,12-13H2,1H3. The summed E-state index contributed by atoms with van der Waals surface area (Å²) < 4.78 is 25.5. The Labute approximate surface area is 187 Å². The fourth-order valence-corrected chi connectivity index (χ4v) is 3.39. The number of benzene rings is 3. The van der Waals surface area contributed by atoms with Crippen molar-refractivity contribution in [2.45, 2.75) is 20.1 Å². The number of rotatable bonds is 8. The zero-order valence-corrected chi connectivity index (χ0v) is 18.7. The normalized spacial score (nSPS) is 10.7. The summed E-state index contributed by atoms with van der Waals surface area (Å²) in [6.45, 7) is 3.17. The smallest absolute Gasteiger partial charge is 0.180 e. The quantitative estimate of drug-likeness (QED) is 0.349. The van der Waals surface area contributed by atoms with Crippen LogP contribution in [0.3, 0.4) is 0 Å². The lowest BCUT2D eigenvalue weighted by molar-refractivity contribution is 0.269. The highest BCUT2D eigenvalue weighted by molar-refractivity contribution is 9.10. The summed E-state index contributed by atoms with van der Waals surface area (Å²) in [5.41, 5.74) is 2.67. The molecule has 3 aromatic carbocycles. The van der Waals surface area contributed by atoms with Crippen LogP contribution < -0.4 is 14.8 Å². The third-order valence-corrected chi connectivity index (χ3v) is 5.60. The molecule has 0 saturated heterocycles. The minimum Gasteiger partial charge on any atom is -0.490 e. The van der Waals surface area contributed by atoms with Gasteiger partial charge in [-0.1, -0.05) is 35.3 Å². The molecule has 0 aliphatic heterocycles. The first-order chi connectivity index (χ1) is 14.0. The molecule has 0 aliphatic carbocycles. The fraction of sp³-hybridized carbons (Fsp3) is 0.182. The van der Waals surface area contributed by atoms with Crippen LogP contribution in [0.2, 0.25) is 10.0 Å². The third-order valence-electron chi connectivity index (χ3n) is 4.08. The molecule has 7 heteroatoms. The maximum atomic E-state index is 13.1. The van der Waals surface area contributed by atoms with Crippen LogP contribution in [0.1, 0.15) is 18.1 Å². The molecule has 0 radical (unpaired) electrons. The number of halogens is 4. The van der Waals surface area contributed by atoms with Crippen molar-refractivity contribution in [3.8, 4) is 11.5 Å². The highest BCUT2D eigenvalue weighted by atomic mass is 79.9. The molecule has 0 unspecified atom stereocenters. The molecule has 3 nitrogen and oxygen atoms in total. The Morgan fingerprint density at radius 2 is 1.69 bits per heavy atom. The lowest BCUT2D eigenvalue weighted by Crippen LogP contribution is -2.04. The van der Waals surface area contributed by atoms with E-state index in [2.05, 4.69) is 21.2 Å². The number of hydrogen-bond donors (Lipinski definition) is 1. The van der Waals surface area contributed by atoms with E-state index in [4.69, 9.17) is 32.7 Å². The topological polar surface area (TPSA) is 30.5 Å². The Hall–Kier alpha value is -1.95. The van der Waals surface area contributed by atoms with Crippen molar-refractivity contribution in [1.82, 2.24) is 0 Å². The fourth-order valence-electron chi connectivity index (χ4n) is 2.67. The number of anilines is 1. The Kier molecular flexibility index (Phi) is 7.64. The molecular weight excluding hydrogens is 480 g/mol. The van der Waals surface area contributed by atoms with Gasteiger partial charge in [-0.2, -0.15) is 0 Å². The summed E-state index contributed by atoms with van der Waals surface area (Å²) >= 11 is 16.0. The van der Waals surface area contributed by atoms with Crippen LogP contribution in [-0.4, -0.2) is 6.61 Å². The van der Waals surface area contributed by atoms with Gasteiger partial charge in [-0.05, 0) is 76.4 Å². The largest absolute Gasteiger partial charge is 0.490 e. The van der Waals surface area contributed by atoms with E-state index < -0.39 is 0 Å². The molecule has 0 aliphatic rings. The lowest BCUT2D eigenvalue weighted by Gasteiger charge is -2.16. The first kappa shape index (κ1) is 21.8. The molecule has 0 aromatic heterocycles. The van der Waals surface area contributed by atoms with E-state index in [-0.39, 0.29) is 12.4 Å². The van der Waals surface area contributed by atoms with Crippen molar-refractivity contribution in [2.75, 3.05) is 11.9 Å². The van der Waals surface area contributed by atoms with Gasteiger partial charge in [-0.25, -0.2) is 4.39 Å². The van der Waals surface area contributed by atoms with E-state index in [0.29, 0.717) is 34.7 Å². The predicted octanol–water partition coefficient (Wildman–Crippen LogP) is 7.48. The third kappa shape index (κ3) is 6.01. The first-order valence-corrected chi connectivity index (χ1v) is 10.5. The molecule has 0 amide bonds. The van der Waals surface area contributed by atoms with E-state index in [1.54, 1.807) is 12.1 Å². The van der Waals surface area contributed by atoms with Gasteiger partial charge in [0.1, 0.15) is 12.4 Å². The van der Waals surface area contributed by atoms with Crippen molar-refractivity contribution < 1.29 is 13.9 Å². The number of ether oxygens (including phenoxy) is 2. The zero-order valence-electron chi connectivity index (χ0n) is 15.6. The molecular formula is C22H19BrCl2FNO2. The molecule has 0 atom stereocenters. The molecule has 0 fully saturated rings. The summed E-state index contributed by atoms with van der Waals surface area (Å²) in [4.78, 5) is 0. The molecule has 0 heterocycles. The second kappa shape index (κ2) is 10.2. The van der Waals surface area contributed by atoms with Gasteiger partial charge >= 0.3 is 0 Å². The van der Waals surface area contributed by atoms with Gasteiger partial charge in [0.2, 0.25) is 0 Å². The average Bonchev–Trinajstić information content (AvgIpc) is 2.70. The minimum atomic E-state index is -0.286. The van der Waals surface area contributed by atoms with Crippen LogP contribution in [0.5, 0.6) is 11.5 Å². The molecule has 0 saturated carbocycles. The van der Waals surface area contributed by atoms with Crippen molar-refractivity contribution in [1.29, 1.82) is 0 Å². The highest BCUT2D eigenvalue weighted by Crippen LogP contribution is 2.37. The molecule has 0 bridgehead atoms. The van der Waals surface area contributed by atoms with E-state index in [0.717, 1.165) is 21.3 Å². The summed E-state index contributed by atoms with van der Waals surface area (Å²) in [6, 6.07) is 15.5. The van der Waals surface area contributed by atoms with Gasteiger partial charge in [0.25, 0.3) is 0 Å². The summed E-state index contributed by atoms with van der Waals surface area (Å²) in [6.07, 6.45) is 0. The van der Waals surface area contributed by atoms with E-state index in [1.165, 1.54) is 12.1 Å². The Morgan fingerprint density at radius 3 is 2.38 bits per heavy atom. The van der Waals surface area contributed by atoms with Crippen molar-refractivity contribution in [3.63, 3.8) is 0 Å². The Balaban J connectivity index is 1.74. The minimum absolute atomic E-state index is 0.259. The number of hydrogen-bond acceptors (Lipinski definition) is 3. The van der Waals surface area contributed by atoms with Crippen LogP contribution in [0.4, 0.5) is 10.1 Å². The van der Waals surface area contributed by atoms with Gasteiger partial charge in [-0.15, -0.1) is 0 Å². The summed E-state index contributed by atoms with van der Waals surface area (Å²) in [5.74, 6) is 0.742. The second-order valence-electron chi connectivity index (χ2n) is 6.24. The summed E-state index contributed by atoms with van der Waals surface area (Å²) in [5, 5.41) is 4.39. The van der Waals surface area contributed by atoms with Crippen molar-refractivity contribution in [3.05, 3.63) is 86.1 Å². The van der Waals surface area contributed by atoms with E-state index >= 15 is 0 Å². The highest BCUT2D eigenvalue weighted by Gasteiger charge is 2.13. The Morgan fingerprint density at radius 1 is 0.931 bits per heavy atom. The molecule has 1 N–H and O–H groups in total. The molecule has 152 valence electrons. The Bertz CT molecular complexity index is 983. The van der Waals surface area contributed by atoms with Crippen LogP contribution in [0.15, 0.2) is 59.1 Å². The van der Waals surface area contributed by atoms with Crippen LogP contribution in [0, 0.1) is 5.82 Å². The maximum absolute atomic E-state index is 13.1. The van der Waals surface area contributed by atoms with E-state index in [9.17, 15) is 4.39 Å². The molecule has 0 spiro atoms. The van der Waals surface area contributed by atoms with Crippen LogP contribution in [0.25, 0.3) is 0 Å². The zero-order chi connectivity index (χ0) is 20.8. The second-order valence-corrected chi connectivity index (χ2v) is 7.90. The molecule has 3 aromatic rings. The molecule has 3 rings (SSSR count). The summed E-state index contributed by atoms with van der Waals surface area (Å²) in [7, 11) is 0. The van der Waals surface area contributed by atoms with Gasteiger partial charge < -0.3 is 14.8 Å². The monoisotopic (exact) mass is 497 g/mol.